The summed E-state index contributed by atoms with van der Waals surface area (Å²) in [5.41, 5.74) is 2.48. The molecule has 6 rings (SSSR count). The molecular formula is C32H30F2N8O5. The molecule has 0 bridgehead atoms. The first-order valence-electron chi connectivity index (χ1n) is 14.9. The lowest BCUT2D eigenvalue weighted by atomic mass is 10.1. The Morgan fingerprint density at radius 2 is 1.91 bits per heavy atom. The first-order valence-corrected chi connectivity index (χ1v) is 14.9. The van der Waals surface area contributed by atoms with Gasteiger partial charge in [0.05, 0.1) is 17.9 Å². The van der Waals surface area contributed by atoms with Crippen LogP contribution < -0.4 is 15.4 Å². The average molecular weight is 645 g/mol. The number of imidazole rings is 1. The number of hydrogen-bond donors (Lipinski definition) is 2. The van der Waals surface area contributed by atoms with Crippen LogP contribution in [0.5, 0.6) is 5.75 Å². The average Bonchev–Trinajstić information content (AvgIpc) is 3.73. The van der Waals surface area contributed by atoms with Gasteiger partial charge < -0.3 is 29.9 Å². The van der Waals surface area contributed by atoms with Crippen molar-refractivity contribution < 1.29 is 32.6 Å². The molecule has 2 aromatic carbocycles. The number of piperazine rings is 1. The van der Waals surface area contributed by atoms with Gasteiger partial charge in [0.1, 0.15) is 12.2 Å². The number of anilines is 2. The van der Waals surface area contributed by atoms with Crippen LogP contribution >= 0.6 is 0 Å². The fourth-order valence-electron chi connectivity index (χ4n) is 5.87. The highest BCUT2D eigenvalue weighted by Gasteiger charge is 2.35. The fraction of sp³-hybridized carbons (Fsp3) is 0.312. The topological polar surface area (TPSA) is 154 Å². The fourth-order valence-corrected chi connectivity index (χ4v) is 5.87. The van der Waals surface area contributed by atoms with Gasteiger partial charge in [-0.15, -0.1) is 0 Å². The Morgan fingerprint density at radius 1 is 1.13 bits per heavy atom. The summed E-state index contributed by atoms with van der Waals surface area (Å²) in [6.07, 6.45) is 4.58. The maximum absolute atomic E-state index is 15.0. The Kier molecular flexibility index (Phi) is 8.94. The molecule has 4 heterocycles. The number of hydrogen-bond acceptors (Lipinski definition) is 10. The predicted molar refractivity (Wildman–Crippen MR) is 164 cm³/mol. The molecule has 0 unspecified atom stereocenters. The van der Waals surface area contributed by atoms with Gasteiger partial charge in [-0.2, -0.15) is 9.65 Å². The van der Waals surface area contributed by atoms with Crippen LogP contribution in [0.2, 0.25) is 0 Å². The summed E-state index contributed by atoms with van der Waals surface area (Å²) >= 11 is 0. The van der Waals surface area contributed by atoms with Crippen LogP contribution in [0.25, 0.3) is 16.9 Å². The third-order valence-electron chi connectivity index (χ3n) is 8.28. The molecule has 0 radical (unpaired) electrons. The van der Waals surface area contributed by atoms with Crippen molar-refractivity contribution in [1.29, 1.82) is 5.26 Å². The van der Waals surface area contributed by atoms with Gasteiger partial charge in [-0.05, 0) is 42.8 Å². The van der Waals surface area contributed by atoms with Crippen LogP contribution in [-0.2, 0) is 14.3 Å². The molecule has 2 aliphatic rings. The van der Waals surface area contributed by atoms with E-state index >= 15 is 0 Å². The molecule has 2 fully saturated rings. The first kappa shape index (κ1) is 31.4. The molecule has 242 valence electrons. The largest absolute Gasteiger partial charge is 0.476 e. The summed E-state index contributed by atoms with van der Waals surface area (Å²) in [5.74, 6) is -2.56. The molecule has 0 spiro atoms. The zero-order chi connectivity index (χ0) is 33.1. The first-order chi connectivity index (χ1) is 22.8. The summed E-state index contributed by atoms with van der Waals surface area (Å²) < 4.78 is 41.1. The second-order valence-electron chi connectivity index (χ2n) is 11.1. The van der Waals surface area contributed by atoms with Crippen LogP contribution in [0.3, 0.4) is 0 Å². The van der Waals surface area contributed by atoms with Gasteiger partial charge in [-0.25, -0.2) is 14.4 Å². The van der Waals surface area contributed by atoms with E-state index in [2.05, 4.69) is 20.6 Å². The number of fused-ring (bicyclic) bond motifs is 1. The van der Waals surface area contributed by atoms with Crippen molar-refractivity contribution in [3.8, 4) is 23.1 Å². The maximum atomic E-state index is 15.0. The van der Waals surface area contributed by atoms with E-state index in [1.807, 2.05) is 6.92 Å². The molecule has 15 heteroatoms. The number of nitrogens with zero attached hydrogens (tertiary/aromatic N) is 6. The highest BCUT2D eigenvalue weighted by molar-refractivity contribution is 5.96. The summed E-state index contributed by atoms with van der Waals surface area (Å²) in [6, 6.07) is 9.19. The molecule has 0 aliphatic carbocycles. The third kappa shape index (κ3) is 6.27. The molecule has 4 aromatic rings. The number of carbonyl (C=O) groups excluding carboxylic acids is 3. The van der Waals surface area contributed by atoms with Crippen LogP contribution in [0.4, 0.5) is 20.3 Å². The number of amides is 2. The number of carbonyl (C=O) groups is 3. The van der Waals surface area contributed by atoms with Crippen LogP contribution in [0.15, 0.2) is 48.9 Å². The zero-order valence-electron chi connectivity index (χ0n) is 25.3. The minimum absolute atomic E-state index is 0.0478. The van der Waals surface area contributed by atoms with Gasteiger partial charge in [-0.3, -0.25) is 18.8 Å². The SMILES string of the molecule is Cc1cc(Nc2nccn3c(-c4ccc(OCC#N)c(F)c4F)cnc23)ccc1C(=O)N1CCN(C(=O)[C@@H]2C[C@@H](OC=O)CN2)CC1. The van der Waals surface area contributed by atoms with E-state index in [0.717, 1.165) is 5.56 Å². The Morgan fingerprint density at radius 3 is 2.66 bits per heavy atom. The molecule has 0 saturated carbocycles. The number of aryl methyl sites for hydroxylation is 1. The van der Waals surface area contributed by atoms with Gasteiger partial charge in [0.15, 0.2) is 29.6 Å². The molecule has 13 nitrogen and oxygen atoms in total. The smallest absolute Gasteiger partial charge is 0.293 e. The van der Waals surface area contributed by atoms with E-state index in [9.17, 15) is 23.2 Å². The number of nitriles is 1. The van der Waals surface area contributed by atoms with Crippen molar-refractivity contribution in [2.75, 3.05) is 44.6 Å². The van der Waals surface area contributed by atoms with E-state index in [1.165, 1.54) is 24.5 Å². The molecular weight excluding hydrogens is 614 g/mol. The van der Waals surface area contributed by atoms with Gasteiger partial charge >= 0.3 is 0 Å². The summed E-state index contributed by atoms with van der Waals surface area (Å²) in [7, 11) is 0. The summed E-state index contributed by atoms with van der Waals surface area (Å²) in [6.45, 7) is 3.82. The van der Waals surface area contributed by atoms with Crippen molar-refractivity contribution in [2.45, 2.75) is 25.5 Å². The monoisotopic (exact) mass is 644 g/mol. The van der Waals surface area contributed by atoms with E-state index in [0.29, 0.717) is 68.3 Å². The van der Waals surface area contributed by atoms with Crippen molar-refractivity contribution in [1.82, 2.24) is 29.5 Å². The molecule has 2 atom stereocenters. The van der Waals surface area contributed by atoms with Crippen molar-refractivity contribution >= 4 is 35.4 Å². The van der Waals surface area contributed by atoms with Crippen LogP contribution in [0.1, 0.15) is 22.3 Å². The highest BCUT2D eigenvalue weighted by Crippen LogP contribution is 2.32. The lowest BCUT2D eigenvalue weighted by Crippen LogP contribution is -2.54. The Hall–Kier alpha value is -5.62. The molecule has 2 aromatic heterocycles. The second-order valence-corrected chi connectivity index (χ2v) is 11.1. The van der Waals surface area contributed by atoms with Gasteiger partial charge in [0.25, 0.3) is 12.4 Å². The molecule has 2 aliphatic heterocycles. The van der Waals surface area contributed by atoms with E-state index < -0.39 is 24.3 Å². The Labute approximate surface area is 267 Å². The van der Waals surface area contributed by atoms with Gasteiger partial charge in [0.2, 0.25) is 11.7 Å². The number of ether oxygens (including phenoxy) is 2. The summed E-state index contributed by atoms with van der Waals surface area (Å²) in [5, 5.41) is 15.0. The third-order valence-corrected chi connectivity index (χ3v) is 8.28. The lowest BCUT2D eigenvalue weighted by Gasteiger charge is -2.36. The zero-order valence-corrected chi connectivity index (χ0v) is 25.3. The highest BCUT2D eigenvalue weighted by atomic mass is 19.2. The number of aromatic nitrogens is 3. The summed E-state index contributed by atoms with van der Waals surface area (Å²) in [4.78, 5) is 49.1. The number of benzene rings is 2. The lowest BCUT2D eigenvalue weighted by molar-refractivity contribution is -0.136. The second kappa shape index (κ2) is 13.4. The van der Waals surface area contributed by atoms with Crippen LogP contribution in [0, 0.1) is 29.9 Å². The number of halogens is 2. The number of nitrogens with one attached hydrogen (secondary N) is 2. The van der Waals surface area contributed by atoms with Crippen molar-refractivity contribution in [2.24, 2.45) is 0 Å². The predicted octanol–water partition coefficient (Wildman–Crippen LogP) is 2.82. The van der Waals surface area contributed by atoms with Crippen molar-refractivity contribution in [3.05, 3.63) is 71.7 Å². The molecule has 2 saturated heterocycles. The van der Waals surface area contributed by atoms with Crippen molar-refractivity contribution in [3.63, 3.8) is 0 Å². The Balaban J connectivity index is 1.12. The quantitative estimate of drug-likeness (QED) is 0.260. The van der Waals surface area contributed by atoms with Gasteiger partial charge in [-0.1, -0.05) is 0 Å². The van der Waals surface area contributed by atoms with E-state index in [1.54, 1.807) is 44.7 Å². The van der Waals surface area contributed by atoms with Gasteiger partial charge in [0, 0.05) is 68.4 Å². The minimum atomic E-state index is -1.21. The molecule has 2 amide bonds. The van der Waals surface area contributed by atoms with E-state index in [4.69, 9.17) is 14.7 Å². The maximum Gasteiger partial charge on any atom is 0.293 e. The van der Waals surface area contributed by atoms with E-state index in [-0.39, 0.29) is 34.9 Å². The Bertz CT molecular complexity index is 1890. The minimum Gasteiger partial charge on any atom is -0.476 e. The molecule has 2 N–H and O–H groups in total. The normalized spacial score (nSPS) is 17.7. The standard InChI is InChI=1S/C32H30F2N8O5/c1-19-14-20(2-3-22(19)31(44)40-9-11-41(12-10-40)32(45)24-15-21(16-37-24)47-18-43)39-29-30-38-17-25(42(30)8-7-36-29)23-4-5-26(46-13-6-35)28(34)27(23)33/h2-5,7-8,14,17-18,21,24,37H,9-13,15-16H2,1H3,(H,36,39)/t21-,24+/m1/s1. The van der Waals surface area contributed by atoms with Crippen LogP contribution in [-0.4, -0.2) is 93.9 Å². The molecule has 47 heavy (non-hydrogen) atoms. The number of rotatable bonds is 9.